The number of anilines is 3. The van der Waals surface area contributed by atoms with E-state index in [4.69, 9.17) is 9.97 Å². The van der Waals surface area contributed by atoms with Crippen molar-refractivity contribution < 1.29 is 0 Å². The van der Waals surface area contributed by atoms with Crippen molar-refractivity contribution in [2.24, 2.45) is 0 Å². The molecule has 0 N–H and O–H groups in total. The Bertz CT molecular complexity index is 3900. The molecule has 0 aliphatic carbocycles. The van der Waals surface area contributed by atoms with Crippen LogP contribution in [0.3, 0.4) is 0 Å². The first-order chi connectivity index (χ1) is 29.5. The van der Waals surface area contributed by atoms with Crippen molar-refractivity contribution in [3.63, 3.8) is 0 Å². The van der Waals surface area contributed by atoms with Crippen LogP contribution in [0.15, 0.2) is 152 Å². The average molecular weight is 786 g/mol. The Morgan fingerprint density at radius 3 is 1.59 bits per heavy atom. The summed E-state index contributed by atoms with van der Waals surface area (Å²) < 4.78 is 4.89. The van der Waals surface area contributed by atoms with E-state index in [9.17, 15) is 0 Å². The molecule has 61 heavy (non-hydrogen) atoms. The molecule has 0 bridgehead atoms. The highest BCUT2D eigenvalue weighted by molar-refractivity contribution is 6.33. The summed E-state index contributed by atoms with van der Waals surface area (Å²) in [6.45, 7) is 13.9. The van der Waals surface area contributed by atoms with Gasteiger partial charge in [-0.2, -0.15) is 0 Å². The summed E-state index contributed by atoms with van der Waals surface area (Å²) in [5.41, 5.74) is 14.0. The van der Waals surface area contributed by atoms with Crippen molar-refractivity contribution >= 4 is 115 Å². The Labute approximate surface area is 352 Å². The molecule has 0 spiro atoms. The molecular weight excluding hydrogens is 743 g/mol. The molecule has 0 unspecified atom stereocenters. The number of aromatic nitrogens is 4. The van der Waals surface area contributed by atoms with E-state index >= 15 is 0 Å². The van der Waals surface area contributed by atoms with Gasteiger partial charge in [0.25, 0.3) is 0 Å². The van der Waals surface area contributed by atoms with Crippen molar-refractivity contribution in [3.05, 3.63) is 163 Å². The quantitative estimate of drug-likeness (QED) is 0.179. The second kappa shape index (κ2) is 11.7. The Kier molecular flexibility index (Phi) is 6.66. The van der Waals surface area contributed by atoms with Crippen LogP contribution in [0, 0.1) is 0 Å². The number of nitrogens with zero attached hydrogens (tertiary/aromatic N) is 5. The molecule has 0 fully saturated rings. The van der Waals surface area contributed by atoms with Gasteiger partial charge >= 0.3 is 0 Å². The third kappa shape index (κ3) is 4.61. The van der Waals surface area contributed by atoms with E-state index in [1.165, 1.54) is 65.3 Å². The topological polar surface area (TPSA) is 37.8 Å². The number of benzene rings is 8. The molecule has 8 aromatic carbocycles. The maximum Gasteiger partial charge on any atom is 0.165 e. The Morgan fingerprint density at radius 2 is 0.902 bits per heavy atom. The minimum atomic E-state index is -0.109. The molecule has 0 radical (unpaired) electrons. The molecule has 0 saturated heterocycles. The fraction of sp³-hybridized carbons (Fsp3) is 0.143. The summed E-state index contributed by atoms with van der Waals surface area (Å²) in [6, 6.07) is 55.8. The standard InChI is InChI=1S/C56H43N5/c1-55(2,3)34-28-42-40-26-25-32-17-13-16-24-39(32)49(40)60-50(42)44(30-34)47-53(60)58-48-46-38-23-15-14-18-33(38)27-41-43-29-35(56(4,5)6)31-45(51(43)61(52(41)46)54(48)57-47)59(36-19-9-7-10-20-36)37-21-11-8-12-22-37/h7-31H,1-6H3. The van der Waals surface area contributed by atoms with E-state index in [0.717, 1.165) is 61.2 Å². The SMILES string of the molecule is CC(C)(C)c1cc(N(c2ccccc2)c2ccccc2)c2c(c1)c1cc3ccccc3c3c4nc5c(nc4n2c13)c1cc(C(C)(C)C)cc2c3ccc4ccccc4c3n5c21. The Hall–Kier alpha value is -7.24. The van der Waals surface area contributed by atoms with Crippen LogP contribution < -0.4 is 4.90 Å². The average Bonchev–Trinajstić information content (AvgIpc) is 3.98. The summed E-state index contributed by atoms with van der Waals surface area (Å²) >= 11 is 0. The summed E-state index contributed by atoms with van der Waals surface area (Å²) in [4.78, 5) is 14.2. The Morgan fingerprint density at radius 1 is 0.393 bits per heavy atom. The van der Waals surface area contributed by atoms with Gasteiger partial charge in [0, 0.05) is 49.1 Å². The molecule has 0 saturated carbocycles. The van der Waals surface area contributed by atoms with Crippen LogP contribution in [0.25, 0.3) is 98.3 Å². The van der Waals surface area contributed by atoms with Crippen molar-refractivity contribution in [1.82, 2.24) is 18.8 Å². The molecule has 292 valence electrons. The molecule has 0 aliphatic rings. The molecule has 0 aliphatic heterocycles. The van der Waals surface area contributed by atoms with Crippen molar-refractivity contribution in [1.29, 1.82) is 0 Å². The summed E-state index contributed by atoms with van der Waals surface area (Å²) in [5, 5.41) is 12.0. The van der Waals surface area contributed by atoms with E-state index in [-0.39, 0.29) is 10.8 Å². The first-order valence-corrected chi connectivity index (χ1v) is 21.4. The molecule has 0 amide bonds. The van der Waals surface area contributed by atoms with Crippen LogP contribution in [0.1, 0.15) is 52.7 Å². The lowest BCUT2D eigenvalue weighted by atomic mass is 9.85. The van der Waals surface area contributed by atoms with Crippen molar-refractivity contribution in [2.75, 3.05) is 4.90 Å². The minimum Gasteiger partial charge on any atom is -0.308 e. The van der Waals surface area contributed by atoms with Crippen molar-refractivity contribution in [3.8, 4) is 0 Å². The highest BCUT2D eigenvalue weighted by atomic mass is 15.2. The fourth-order valence-electron chi connectivity index (χ4n) is 10.4. The normalized spacial score (nSPS) is 13.1. The van der Waals surface area contributed by atoms with Gasteiger partial charge in [0.05, 0.1) is 27.8 Å². The highest BCUT2D eigenvalue weighted by Gasteiger charge is 2.31. The van der Waals surface area contributed by atoms with Gasteiger partial charge in [0.15, 0.2) is 11.3 Å². The number of fused-ring (bicyclic) bond motifs is 16. The first kappa shape index (κ1) is 34.6. The zero-order chi connectivity index (χ0) is 41.1. The van der Waals surface area contributed by atoms with E-state index in [0.29, 0.717) is 0 Å². The zero-order valence-electron chi connectivity index (χ0n) is 35.2. The second-order valence-electron chi connectivity index (χ2n) is 19.1. The highest BCUT2D eigenvalue weighted by Crippen LogP contribution is 2.50. The molecule has 5 heteroatoms. The van der Waals surface area contributed by atoms with Gasteiger partial charge in [0.1, 0.15) is 11.0 Å². The van der Waals surface area contributed by atoms with Gasteiger partial charge in [-0.15, -0.1) is 0 Å². The molecule has 5 aromatic heterocycles. The lowest BCUT2D eigenvalue weighted by Crippen LogP contribution is -2.15. The predicted octanol–water partition coefficient (Wildman–Crippen LogP) is 15.1. The molecule has 0 atom stereocenters. The minimum absolute atomic E-state index is 0.0706. The predicted molar refractivity (Wildman–Crippen MR) is 258 cm³/mol. The molecule has 13 aromatic rings. The van der Waals surface area contributed by atoms with E-state index in [1.54, 1.807) is 0 Å². The van der Waals surface area contributed by atoms with Gasteiger partial charge in [-0.1, -0.05) is 139 Å². The summed E-state index contributed by atoms with van der Waals surface area (Å²) in [5.74, 6) is 0. The molecule has 13 rings (SSSR count). The molecule has 5 heterocycles. The summed E-state index contributed by atoms with van der Waals surface area (Å²) in [6.07, 6.45) is 0. The third-order valence-electron chi connectivity index (χ3n) is 13.4. The van der Waals surface area contributed by atoms with Crippen LogP contribution >= 0.6 is 0 Å². The van der Waals surface area contributed by atoms with Gasteiger partial charge < -0.3 is 4.90 Å². The maximum atomic E-state index is 5.90. The maximum absolute atomic E-state index is 5.90. The van der Waals surface area contributed by atoms with Crippen molar-refractivity contribution in [2.45, 2.75) is 52.4 Å². The van der Waals surface area contributed by atoms with Gasteiger partial charge in [-0.3, -0.25) is 8.80 Å². The molecular formula is C56H43N5. The fourth-order valence-corrected chi connectivity index (χ4v) is 10.4. The number of hydrogen-bond acceptors (Lipinski definition) is 3. The lowest BCUT2D eigenvalue weighted by Gasteiger charge is -2.29. The van der Waals surface area contributed by atoms with Crippen LogP contribution in [-0.2, 0) is 10.8 Å². The third-order valence-corrected chi connectivity index (χ3v) is 13.4. The Balaban J connectivity index is 1.29. The molecule has 5 nitrogen and oxygen atoms in total. The lowest BCUT2D eigenvalue weighted by molar-refractivity contribution is 0.591. The summed E-state index contributed by atoms with van der Waals surface area (Å²) in [7, 11) is 0. The van der Waals surface area contributed by atoms with Crippen LogP contribution in [-0.4, -0.2) is 18.8 Å². The monoisotopic (exact) mass is 785 g/mol. The van der Waals surface area contributed by atoms with Gasteiger partial charge in [0.2, 0.25) is 0 Å². The first-order valence-electron chi connectivity index (χ1n) is 21.4. The number of para-hydroxylation sites is 2. The van der Waals surface area contributed by atoms with E-state index in [1.807, 2.05) is 0 Å². The largest absolute Gasteiger partial charge is 0.308 e. The number of rotatable bonds is 3. The second-order valence-corrected chi connectivity index (χ2v) is 19.1. The van der Waals surface area contributed by atoms with E-state index < -0.39 is 0 Å². The van der Waals surface area contributed by atoms with Crippen LogP contribution in [0.2, 0.25) is 0 Å². The van der Waals surface area contributed by atoms with Gasteiger partial charge in [-0.25, -0.2) is 9.97 Å². The zero-order valence-corrected chi connectivity index (χ0v) is 35.2. The van der Waals surface area contributed by atoms with Gasteiger partial charge in [-0.05, 0) is 92.7 Å². The van der Waals surface area contributed by atoms with Crippen LogP contribution in [0.4, 0.5) is 17.1 Å². The van der Waals surface area contributed by atoms with E-state index in [2.05, 4.69) is 207 Å². The number of hydrogen-bond donors (Lipinski definition) is 0. The smallest absolute Gasteiger partial charge is 0.165 e. The van der Waals surface area contributed by atoms with Crippen LogP contribution in [0.5, 0.6) is 0 Å².